The highest BCUT2D eigenvalue weighted by atomic mass is 35.5. The molecule has 1 N–H and O–H groups in total. The van der Waals surface area contributed by atoms with Crippen molar-refractivity contribution in [1.82, 2.24) is 10.2 Å². The van der Waals surface area contributed by atoms with E-state index in [2.05, 4.69) is 5.32 Å². The van der Waals surface area contributed by atoms with E-state index >= 15 is 0 Å². The number of aryl methyl sites for hydroxylation is 1. The van der Waals surface area contributed by atoms with Gasteiger partial charge in [0.1, 0.15) is 18.3 Å². The van der Waals surface area contributed by atoms with E-state index < -0.39 is 28.5 Å². The lowest BCUT2D eigenvalue weighted by atomic mass is 10.1. The first kappa shape index (κ1) is 30.0. The van der Waals surface area contributed by atoms with Crippen LogP contribution in [0.1, 0.15) is 31.4 Å². The molecule has 8 nitrogen and oxygen atoms in total. The van der Waals surface area contributed by atoms with Crippen molar-refractivity contribution >= 4 is 39.1 Å². The van der Waals surface area contributed by atoms with Crippen molar-refractivity contribution in [2.45, 2.75) is 44.7 Å². The Balaban J connectivity index is 2.09. The summed E-state index contributed by atoms with van der Waals surface area (Å²) < 4.78 is 33.9. The first-order valence-electron chi connectivity index (χ1n) is 12.7. The van der Waals surface area contributed by atoms with Crippen LogP contribution in [0.25, 0.3) is 0 Å². The van der Waals surface area contributed by atoms with E-state index in [1.54, 1.807) is 31.2 Å². The smallest absolute Gasteiger partial charge is 0.264 e. The Labute approximate surface area is 235 Å². The number of halogens is 1. The number of rotatable bonds is 12. The predicted molar refractivity (Wildman–Crippen MR) is 153 cm³/mol. The Hall–Kier alpha value is -3.56. The van der Waals surface area contributed by atoms with Gasteiger partial charge in [-0.1, -0.05) is 61.0 Å². The second-order valence-electron chi connectivity index (χ2n) is 8.91. The number of carbonyl (C=O) groups is 2. The topological polar surface area (TPSA) is 96.0 Å². The molecule has 0 spiro atoms. The fraction of sp³-hybridized carbons (Fsp3) is 0.310. The van der Waals surface area contributed by atoms with Crippen LogP contribution in [0.3, 0.4) is 0 Å². The molecule has 0 heterocycles. The van der Waals surface area contributed by atoms with Crippen LogP contribution in [0, 0.1) is 6.92 Å². The molecule has 0 saturated heterocycles. The van der Waals surface area contributed by atoms with Gasteiger partial charge in [0.2, 0.25) is 11.8 Å². The number of likely N-dealkylation sites (N-methyl/N-ethyl adjacent to an activating group) is 1. The molecular formula is C29H34ClN3O5S. The van der Waals surface area contributed by atoms with E-state index in [0.29, 0.717) is 18.7 Å². The summed E-state index contributed by atoms with van der Waals surface area (Å²) in [5.41, 5.74) is 2.01. The Morgan fingerprint density at radius 1 is 1.00 bits per heavy atom. The molecule has 0 aliphatic carbocycles. The minimum Gasteiger partial charge on any atom is -0.495 e. The Morgan fingerprint density at radius 3 is 2.26 bits per heavy atom. The van der Waals surface area contributed by atoms with Crippen LogP contribution >= 0.6 is 11.6 Å². The largest absolute Gasteiger partial charge is 0.495 e. The monoisotopic (exact) mass is 571 g/mol. The molecule has 0 aliphatic rings. The van der Waals surface area contributed by atoms with Gasteiger partial charge in [0.25, 0.3) is 10.0 Å². The molecule has 3 aromatic carbocycles. The number of hydrogen-bond acceptors (Lipinski definition) is 5. The molecule has 0 unspecified atom stereocenters. The molecule has 0 radical (unpaired) electrons. The minimum atomic E-state index is -4.18. The van der Waals surface area contributed by atoms with Gasteiger partial charge in [-0.25, -0.2) is 8.42 Å². The molecule has 2 amide bonds. The van der Waals surface area contributed by atoms with E-state index in [4.69, 9.17) is 16.3 Å². The Kier molecular flexibility index (Phi) is 10.4. The number of carbonyl (C=O) groups excluding carboxylic acids is 2. The number of nitrogens with one attached hydrogen (secondary N) is 1. The van der Waals surface area contributed by atoms with Crippen LogP contribution in [0.4, 0.5) is 5.69 Å². The van der Waals surface area contributed by atoms with Crippen molar-refractivity contribution in [2.75, 3.05) is 24.5 Å². The van der Waals surface area contributed by atoms with Crippen molar-refractivity contribution in [1.29, 1.82) is 0 Å². The summed E-state index contributed by atoms with van der Waals surface area (Å²) >= 11 is 6.35. The summed E-state index contributed by atoms with van der Waals surface area (Å²) in [6.45, 7) is 5.56. The number of ether oxygens (including phenoxy) is 1. The first-order chi connectivity index (χ1) is 18.6. The molecule has 0 saturated carbocycles. The van der Waals surface area contributed by atoms with Gasteiger partial charge >= 0.3 is 0 Å². The third-order valence-corrected chi connectivity index (χ3v) is 8.46. The molecular weight excluding hydrogens is 538 g/mol. The summed E-state index contributed by atoms with van der Waals surface area (Å²) in [6.07, 6.45) is 0.350. The summed E-state index contributed by atoms with van der Waals surface area (Å²) in [7, 11) is -2.72. The molecule has 3 rings (SSSR count). The summed E-state index contributed by atoms with van der Waals surface area (Å²) in [5, 5.41) is 2.99. The summed E-state index contributed by atoms with van der Waals surface area (Å²) in [4.78, 5) is 28.5. The summed E-state index contributed by atoms with van der Waals surface area (Å²) in [5.74, 6) is -0.457. The first-order valence-corrected chi connectivity index (χ1v) is 14.5. The number of amides is 2. The lowest BCUT2D eigenvalue weighted by Gasteiger charge is -2.33. The molecule has 10 heteroatoms. The zero-order valence-corrected chi connectivity index (χ0v) is 24.1. The van der Waals surface area contributed by atoms with Crippen LogP contribution in [0.5, 0.6) is 5.75 Å². The summed E-state index contributed by atoms with van der Waals surface area (Å²) in [6, 6.07) is 19.2. The highest BCUT2D eigenvalue weighted by Crippen LogP contribution is 2.32. The van der Waals surface area contributed by atoms with Crippen molar-refractivity contribution in [2.24, 2.45) is 0 Å². The van der Waals surface area contributed by atoms with E-state index in [1.165, 1.54) is 36.3 Å². The highest BCUT2D eigenvalue weighted by Gasteiger charge is 2.34. The molecule has 3 aromatic rings. The molecule has 0 fully saturated rings. The van der Waals surface area contributed by atoms with Crippen molar-refractivity contribution in [3.05, 3.63) is 88.9 Å². The Morgan fingerprint density at radius 2 is 1.67 bits per heavy atom. The zero-order chi connectivity index (χ0) is 28.6. The van der Waals surface area contributed by atoms with Crippen LogP contribution in [0.2, 0.25) is 5.02 Å². The molecule has 208 valence electrons. The fourth-order valence-electron chi connectivity index (χ4n) is 4.24. The van der Waals surface area contributed by atoms with Gasteiger partial charge < -0.3 is 15.0 Å². The van der Waals surface area contributed by atoms with E-state index in [9.17, 15) is 18.0 Å². The second-order valence-corrected chi connectivity index (χ2v) is 11.2. The Bertz CT molecular complexity index is 1400. The van der Waals surface area contributed by atoms with Crippen LogP contribution < -0.4 is 14.4 Å². The number of nitrogens with zero attached hydrogens (tertiary/aromatic N) is 2. The zero-order valence-electron chi connectivity index (χ0n) is 22.6. The van der Waals surface area contributed by atoms with Crippen molar-refractivity contribution in [3.63, 3.8) is 0 Å². The maximum atomic E-state index is 14.0. The predicted octanol–water partition coefficient (Wildman–Crippen LogP) is 4.80. The van der Waals surface area contributed by atoms with Gasteiger partial charge in [0.05, 0.1) is 22.7 Å². The number of methoxy groups -OCH3 is 1. The van der Waals surface area contributed by atoms with E-state index in [-0.39, 0.29) is 28.1 Å². The molecule has 1 atom stereocenters. The molecule has 0 aromatic heterocycles. The van der Waals surface area contributed by atoms with E-state index in [1.807, 2.05) is 38.1 Å². The number of hydrogen-bond donors (Lipinski definition) is 1. The average molecular weight is 572 g/mol. The molecule has 0 bridgehead atoms. The van der Waals surface area contributed by atoms with Gasteiger partial charge in [0.15, 0.2) is 0 Å². The SMILES string of the molecule is CCNC(=O)[C@@H](CC)N(Cc1ccccc1C)C(=O)CN(c1ccc(OC)c(Cl)c1)S(=O)(=O)c1ccccc1. The van der Waals surface area contributed by atoms with Gasteiger partial charge in [-0.15, -0.1) is 0 Å². The van der Waals surface area contributed by atoms with Gasteiger partial charge in [-0.2, -0.15) is 0 Å². The normalized spacial score (nSPS) is 11.9. The third kappa shape index (κ3) is 7.10. The molecule has 0 aliphatic heterocycles. The lowest BCUT2D eigenvalue weighted by Crippen LogP contribution is -2.52. The van der Waals surface area contributed by atoms with Crippen LogP contribution in [-0.2, 0) is 26.2 Å². The maximum absolute atomic E-state index is 14.0. The van der Waals surface area contributed by atoms with Gasteiger partial charge in [0, 0.05) is 13.1 Å². The van der Waals surface area contributed by atoms with Gasteiger partial charge in [-0.05, 0) is 61.7 Å². The average Bonchev–Trinajstić information content (AvgIpc) is 2.93. The van der Waals surface area contributed by atoms with E-state index in [0.717, 1.165) is 15.4 Å². The quantitative estimate of drug-likeness (QED) is 0.337. The number of sulfonamides is 1. The van der Waals surface area contributed by atoms with Gasteiger partial charge in [-0.3, -0.25) is 13.9 Å². The van der Waals surface area contributed by atoms with Crippen molar-refractivity contribution in [3.8, 4) is 5.75 Å². The fourth-order valence-corrected chi connectivity index (χ4v) is 5.92. The molecule has 39 heavy (non-hydrogen) atoms. The maximum Gasteiger partial charge on any atom is 0.264 e. The third-order valence-electron chi connectivity index (χ3n) is 6.37. The standard InChI is InChI=1S/C29H34ClN3O5S/c1-5-26(29(35)31-6-2)32(19-22-13-11-10-12-21(22)3)28(34)20-33(23-16-17-27(38-4)25(30)18-23)39(36,37)24-14-8-7-9-15-24/h7-18,26H,5-6,19-20H2,1-4H3,(H,31,35)/t26-/m1/s1. The minimum absolute atomic E-state index is 0.0194. The van der Waals surface area contributed by atoms with Crippen LogP contribution in [-0.4, -0.2) is 51.4 Å². The second kappa shape index (κ2) is 13.5. The number of anilines is 1. The lowest BCUT2D eigenvalue weighted by molar-refractivity contribution is -0.140. The highest BCUT2D eigenvalue weighted by molar-refractivity contribution is 7.92. The number of benzene rings is 3. The van der Waals surface area contributed by atoms with Crippen LogP contribution in [0.15, 0.2) is 77.7 Å². The van der Waals surface area contributed by atoms with Crippen molar-refractivity contribution < 1.29 is 22.7 Å².